The summed E-state index contributed by atoms with van der Waals surface area (Å²) in [4.78, 5) is 73.1. The molecule has 0 aliphatic rings. The predicted octanol–water partition coefficient (Wildman–Crippen LogP) is 24.4. The maximum Gasteiger partial charge on any atom is 0.472 e. The van der Waals surface area contributed by atoms with Crippen LogP contribution in [0.5, 0.6) is 0 Å². The molecule has 0 fully saturated rings. The number of aliphatic hydroxyl groups is 1. The lowest BCUT2D eigenvalue weighted by molar-refractivity contribution is -0.161. The summed E-state index contributed by atoms with van der Waals surface area (Å²) in [6.45, 7) is 7.30. The fourth-order valence-corrected chi connectivity index (χ4v) is 13.8. The first kappa shape index (κ1) is 98.5. The Morgan fingerprint density at radius 1 is 0.307 bits per heavy atom. The van der Waals surface area contributed by atoms with Crippen LogP contribution in [-0.2, 0) is 65.4 Å². The van der Waals surface area contributed by atoms with Gasteiger partial charge in [-0.3, -0.25) is 37.3 Å². The topological polar surface area (TPSA) is 237 Å². The van der Waals surface area contributed by atoms with Gasteiger partial charge in [-0.25, -0.2) is 9.13 Å². The Bertz CT molecular complexity index is 2020. The van der Waals surface area contributed by atoms with Gasteiger partial charge < -0.3 is 33.8 Å². The highest BCUT2D eigenvalue weighted by atomic mass is 31.2. The summed E-state index contributed by atoms with van der Waals surface area (Å²) in [5.74, 6) is -1.33. The maximum absolute atomic E-state index is 13.1. The second-order valence-corrected chi connectivity index (χ2v) is 32.2. The van der Waals surface area contributed by atoms with Gasteiger partial charge in [0.1, 0.15) is 19.3 Å². The number of esters is 4. The lowest BCUT2D eigenvalue weighted by atomic mass is 10.0. The third kappa shape index (κ3) is 75.6. The van der Waals surface area contributed by atoms with Gasteiger partial charge in [-0.05, 0) is 57.3 Å². The summed E-state index contributed by atoms with van der Waals surface area (Å²) in [6.07, 6.45) is 68.6. The Hall–Kier alpha value is -2.46. The summed E-state index contributed by atoms with van der Waals surface area (Å²) in [5, 5.41) is 10.6. The second-order valence-electron chi connectivity index (χ2n) is 29.3. The molecule has 0 aromatic heterocycles. The molecule has 0 bridgehead atoms. The molecule has 0 rings (SSSR count). The zero-order valence-electron chi connectivity index (χ0n) is 65.5. The van der Waals surface area contributed by atoms with Crippen molar-refractivity contribution in [3.05, 3.63) is 24.3 Å². The van der Waals surface area contributed by atoms with E-state index in [0.29, 0.717) is 25.7 Å². The van der Waals surface area contributed by atoms with Crippen LogP contribution in [0.3, 0.4) is 0 Å². The second kappa shape index (κ2) is 74.4. The zero-order chi connectivity index (χ0) is 74.1. The third-order valence-electron chi connectivity index (χ3n) is 18.7. The zero-order valence-corrected chi connectivity index (χ0v) is 67.3. The first-order valence-electron chi connectivity index (χ1n) is 42.0. The molecular formula is C82H156O17P2. The van der Waals surface area contributed by atoms with Crippen molar-refractivity contribution in [2.75, 3.05) is 39.6 Å². The van der Waals surface area contributed by atoms with Gasteiger partial charge in [-0.15, -0.1) is 0 Å². The van der Waals surface area contributed by atoms with Crippen LogP contribution < -0.4 is 0 Å². The molecular weight excluding hydrogens is 1320 g/mol. The largest absolute Gasteiger partial charge is 0.472 e. The van der Waals surface area contributed by atoms with Gasteiger partial charge >= 0.3 is 39.5 Å². The third-order valence-corrected chi connectivity index (χ3v) is 20.6. The molecule has 3 N–H and O–H groups in total. The number of allylic oxidation sites excluding steroid dienone is 4. The highest BCUT2D eigenvalue weighted by Gasteiger charge is 2.30. The maximum atomic E-state index is 13.1. The Labute approximate surface area is 618 Å². The van der Waals surface area contributed by atoms with E-state index in [2.05, 4.69) is 58.9 Å². The summed E-state index contributed by atoms with van der Waals surface area (Å²) >= 11 is 0. The molecule has 596 valence electrons. The lowest BCUT2D eigenvalue weighted by Crippen LogP contribution is -2.30. The van der Waals surface area contributed by atoms with E-state index in [0.717, 1.165) is 109 Å². The standard InChI is InChI=1S/C82H156O17P2/c1-6-9-12-15-18-21-24-27-29-33-36-41-46-51-56-61-66-80(85)93-72-78(99-82(87)68-63-58-53-48-43-38-34-30-32-35-39-44-49-54-59-64-75(4)5)74-97-101(90,91)95-70-76(83)69-94-100(88,89)96-73-77(71-92-79(84)65-60-55-50-45-40-26-23-20-17-14-11-8-3)98-81(86)67-62-57-52-47-42-37-31-28-25-22-19-16-13-10-7-2/h22,25,28,31,75-78,83H,6-21,23-24,26-27,29-30,32-74H2,1-5H3,(H,88,89)(H,90,91)/b25-22-,31-28-/t76-,77+,78+/m0/s1. The fourth-order valence-electron chi connectivity index (χ4n) is 12.2. The van der Waals surface area contributed by atoms with E-state index in [9.17, 15) is 43.2 Å². The highest BCUT2D eigenvalue weighted by molar-refractivity contribution is 7.47. The van der Waals surface area contributed by atoms with Crippen LogP contribution in [0, 0.1) is 5.92 Å². The van der Waals surface area contributed by atoms with Crippen LogP contribution in [0.2, 0.25) is 0 Å². The highest BCUT2D eigenvalue weighted by Crippen LogP contribution is 2.45. The number of rotatable bonds is 80. The van der Waals surface area contributed by atoms with Gasteiger partial charge in [-0.1, -0.05) is 361 Å². The van der Waals surface area contributed by atoms with Crippen LogP contribution in [0.1, 0.15) is 413 Å². The van der Waals surface area contributed by atoms with Crippen molar-refractivity contribution in [1.29, 1.82) is 0 Å². The molecule has 0 spiro atoms. The molecule has 0 saturated heterocycles. The smallest absolute Gasteiger partial charge is 0.462 e. The minimum Gasteiger partial charge on any atom is -0.462 e. The van der Waals surface area contributed by atoms with Crippen molar-refractivity contribution in [3.63, 3.8) is 0 Å². The van der Waals surface area contributed by atoms with Gasteiger partial charge in [0.25, 0.3) is 0 Å². The summed E-state index contributed by atoms with van der Waals surface area (Å²) in [6, 6.07) is 0. The van der Waals surface area contributed by atoms with Crippen LogP contribution in [-0.4, -0.2) is 96.7 Å². The molecule has 2 unspecified atom stereocenters. The van der Waals surface area contributed by atoms with Crippen LogP contribution in [0.4, 0.5) is 0 Å². The summed E-state index contributed by atoms with van der Waals surface area (Å²) in [7, 11) is -9.93. The monoisotopic (exact) mass is 1480 g/mol. The van der Waals surface area contributed by atoms with Crippen LogP contribution >= 0.6 is 15.6 Å². The number of hydrogen-bond acceptors (Lipinski definition) is 15. The predicted molar refractivity (Wildman–Crippen MR) is 414 cm³/mol. The van der Waals surface area contributed by atoms with E-state index in [1.54, 1.807) is 0 Å². The van der Waals surface area contributed by atoms with Crippen molar-refractivity contribution < 1.29 is 80.2 Å². The van der Waals surface area contributed by atoms with Crippen molar-refractivity contribution in [1.82, 2.24) is 0 Å². The molecule has 0 heterocycles. The minimum atomic E-state index is -4.97. The van der Waals surface area contributed by atoms with E-state index in [-0.39, 0.29) is 25.7 Å². The molecule has 0 saturated carbocycles. The minimum absolute atomic E-state index is 0.0858. The number of unbranched alkanes of at least 4 members (excludes halogenated alkanes) is 49. The van der Waals surface area contributed by atoms with E-state index < -0.39 is 97.5 Å². The number of hydrogen-bond donors (Lipinski definition) is 3. The van der Waals surface area contributed by atoms with Gasteiger partial charge in [0.15, 0.2) is 12.2 Å². The number of carbonyl (C=O) groups is 4. The lowest BCUT2D eigenvalue weighted by Gasteiger charge is -2.21. The molecule has 0 aliphatic heterocycles. The number of carbonyl (C=O) groups excluding carboxylic acids is 4. The van der Waals surface area contributed by atoms with Crippen molar-refractivity contribution in [3.8, 4) is 0 Å². The Morgan fingerprint density at radius 3 is 0.812 bits per heavy atom. The van der Waals surface area contributed by atoms with Crippen molar-refractivity contribution in [2.45, 2.75) is 432 Å². The van der Waals surface area contributed by atoms with E-state index in [4.69, 9.17) is 37.0 Å². The van der Waals surface area contributed by atoms with E-state index in [1.807, 2.05) is 0 Å². The van der Waals surface area contributed by atoms with Gasteiger partial charge in [-0.2, -0.15) is 0 Å². The molecule has 0 aromatic rings. The van der Waals surface area contributed by atoms with E-state index in [1.165, 1.54) is 225 Å². The summed E-state index contributed by atoms with van der Waals surface area (Å²) < 4.78 is 68.7. The molecule has 0 aromatic carbocycles. The summed E-state index contributed by atoms with van der Waals surface area (Å²) in [5.41, 5.74) is 0. The molecule has 0 aliphatic carbocycles. The van der Waals surface area contributed by atoms with Crippen molar-refractivity contribution >= 4 is 39.5 Å². The first-order valence-corrected chi connectivity index (χ1v) is 44.9. The SMILES string of the molecule is CCCCCC/C=C\C=C/CCCCCCCC(=O)O[C@H](COC(=O)CCCCCCCCCCCCCC)COP(=O)(O)OC[C@H](O)COP(=O)(O)OC[C@@H](COC(=O)CCCCCCCCCCCCCCCCCC)OC(=O)CCCCCCCCCCCCCCCCCC(C)C. The number of aliphatic hydroxyl groups excluding tert-OH is 1. The molecule has 101 heavy (non-hydrogen) atoms. The molecule has 19 heteroatoms. The van der Waals surface area contributed by atoms with Gasteiger partial charge in [0.05, 0.1) is 26.4 Å². The van der Waals surface area contributed by atoms with Crippen LogP contribution in [0.15, 0.2) is 24.3 Å². The number of ether oxygens (including phenoxy) is 4. The Kier molecular flexibility index (Phi) is 72.6. The first-order chi connectivity index (χ1) is 49.0. The number of phosphoric ester groups is 2. The average molecular weight is 1480 g/mol. The Balaban J connectivity index is 5.29. The van der Waals surface area contributed by atoms with Crippen molar-refractivity contribution in [2.24, 2.45) is 5.92 Å². The average Bonchev–Trinajstić information content (AvgIpc) is 0.926. The molecule has 0 radical (unpaired) electrons. The molecule has 5 atom stereocenters. The van der Waals surface area contributed by atoms with Crippen LogP contribution in [0.25, 0.3) is 0 Å². The van der Waals surface area contributed by atoms with Gasteiger partial charge in [0, 0.05) is 25.7 Å². The normalized spacial score (nSPS) is 14.0. The quantitative estimate of drug-likeness (QED) is 0.0169. The Morgan fingerprint density at radius 2 is 0.535 bits per heavy atom. The molecule has 17 nitrogen and oxygen atoms in total. The fraction of sp³-hybridized carbons (Fsp3) is 0.902. The van der Waals surface area contributed by atoms with Gasteiger partial charge in [0.2, 0.25) is 0 Å². The molecule has 0 amide bonds. The van der Waals surface area contributed by atoms with E-state index >= 15 is 0 Å². The number of phosphoric acid groups is 2.